The summed E-state index contributed by atoms with van der Waals surface area (Å²) in [5, 5.41) is 10.9. The maximum absolute atomic E-state index is 11.6. The molecule has 0 unspecified atom stereocenters. The molecule has 0 radical (unpaired) electrons. The summed E-state index contributed by atoms with van der Waals surface area (Å²) in [6.07, 6.45) is 4.40. The predicted octanol–water partition coefficient (Wildman–Crippen LogP) is 2.45. The highest BCUT2D eigenvalue weighted by atomic mass is 32.2. The average Bonchev–Trinajstić information content (AvgIpc) is 2.86. The van der Waals surface area contributed by atoms with Gasteiger partial charge in [-0.1, -0.05) is 18.7 Å². The van der Waals surface area contributed by atoms with E-state index >= 15 is 0 Å². The highest BCUT2D eigenvalue weighted by Gasteiger charge is 2.29. The third kappa shape index (κ3) is 2.51. The minimum atomic E-state index is -0.933. The highest BCUT2D eigenvalue weighted by molar-refractivity contribution is 7.98. The largest absolute Gasteiger partial charge is 0.477 e. The van der Waals surface area contributed by atoms with Crippen molar-refractivity contribution in [2.45, 2.75) is 24.5 Å². The molecule has 1 saturated heterocycles. The number of ether oxygens (including phenoxy) is 1. The zero-order valence-corrected chi connectivity index (χ0v) is 12.8. The standard InChI is InChI=1S/C14H17N3O3S/c1-8-7-20-4-3-10(8)17-11(13(18)19)5-9-6-15-14(21-2)16-12(9)17/h5-6,8,10H,3-4,7H2,1-2H3,(H,18,19)/t8-,10+/m1/s1. The Morgan fingerprint density at radius 3 is 3.05 bits per heavy atom. The van der Waals surface area contributed by atoms with E-state index in [9.17, 15) is 9.90 Å². The Bertz CT molecular complexity index is 685. The molecule has 2 aromatic rings. The Hall–Kier alpha value is -1.60. The molecule has 2 aromatic heterocycles. The van der Waals surface area contributed by atoms with E-state index < -0.39 is 5.97 Å². The summed E-state index contributed by atoms with van der Waals surface area (Å²) in [6.45, 7) is 3.37. The minimum absolute atomic E-state index is 0.0898. The lowest BCUT2D eigenvalue weighted by Crippen LogP contribution is -2.29. The van der Waals surface area contributed by atoms with Gasteiger partial charge in [0.1, 0.15) is 11.3 Å². The van der Waals surface area contributed by atoms with Crippen molar-refractivity contribution in [1.82, 2.24) is 14.5 Å². The molecular formula is C14H17N3O3S. The van der Waals surface area contributed by atoms with Gasteiger partial charge in [-0.05, 0) is 18.7 Å². The number of hydrogen-bond donors (Lipinski definition) is 1. The molecule has 112 valence electrons. The van der Waals surface area contributed by atoms with Crippen LogP contribution in [0, 0.1) is 5.92 Å². The Balaban J connectivity index is 2.20. The van der Waals surface area contributed by atoms with Gasteiger partial charge in [0.05, 0.1) is 6.61 Å². The first-order valence-electron chi connectivity index (χ1n) is 6.85. The summed E-state index contributed by atoms with van der Waals surface area (Å²) < 4.78 is 7.32. The molecule has 3 rings (SSSR count). The Labute approximate surface area is 126 Å². The van der Waals surface area contributed by atoms with Gasteiger partial charge >= 0.3 is 5.97 Å². The van der Waals surface area contributed by atoms with Crippen LogP contribution in [0.1, 0.15) is 29.9 Å². The van der Waals surface area contributed by atoms with Gasteiger partial charge in [0.15, 0.2) is 5.16 Å². The van der Waals surface area contributed by atoms with Crippen LogP contribution in [0.15, 0.2) is 17.4 Å². The minimum Gasteiger partial charge on any atom is -0.477 e. The van der Waals surface area contributed by atoms with Crippen molar-refractivity contribution in [2.75, 3.05) is 19.5 Å². The maximum atomic E-state index is 11.6. The van der Waals surface area contributed by atoms with Gasteiger partial charge in [-0.25, -0.2) is 14.8 Å². The summed E-state index contributed by atoms with van der Waals surface area (Å²) in [6, 6.07) is 1.75. The van der Waals surface area contributed by atoms with Crippen LogP contribution in [-0.2, 0) is 4.74 Å². The second kappa shape index (κ2) is 5.65. The third-order valence-electron chi connectivity index (χ3n) is 3.88. The highest BCUT2D eigenvalue weighted by Crippen LogP contribution is 2.32. The van der Waals surface area contributed by atoms with Crippen molar-refractivity contribution in [3.8, 4) is 0 Å². The van der Waals surface area contributed by atoms with E-state index in [1.165, 1.54) is 11.8 Å². The van der Waals surface area contributed by atoms with E-state index in [1.807, 2.05) is 10.8 Å². The second-order valence-corrected chi connectivity index (χ2v) is 6.02. The molecule has 0 bridgehead atoms. The number of hydrogen-bond acceptors (Lipinski definition) is 5. The van der Waals surface area contributed by atoms with Crippen LogP contribution in [0.25, 0.3) is 11.0 Å². The van der Waals surface area contributed by atoms with Crippen LogP contribution in [0.2, 0.25) is 0 Å². The summed E-state index contributed by atoms with van der Waals surface area (Å²) in [5.41, 5.74) is 0.974. The quantitative estimate of drug-likeness (QED) is 0.693. The first kappa shape index (κ1) is 14.3. The summed E-state index contributed by atoms with van der Waals surface area (Å²) in [4.78, 5) is 20.3. The Morgan fingerprint density at radius 1 is 1.57 bits per heavy atom. The van der Waals surface area contributed by atoms with E-state index in [0.717, 1.165) is 11.8 Å². The average molecular weight is 307 g/mol. The predicted molar refractivity (Wildman–Crippen MR) is 79.9 cm³/mol. The summed E-state index contributed by atoms with van der Waals surface area (Å²) in [7, 11) is 0. The van der Waals surface area contributed by atoms with Crippen LogP contribution in [-0.4, -0.2) is 45.1 Å². The number of aromatic nitrogens is 3. The fraction of sp³-hybridized carbons (Fsp3) is 0.500. The first-order chi connectivity index (χ1) is 10.1. The Kier molecular flexibility index (Phi) is 3.86. The molecular weight excluding hydrogens is 290 g/mol. The van der Waals surface area contributed by atoms with Gasteiger partial charge in [-0.2, -0.15) is 0 Å². The molecule has 0 amide bonds. The number of carboxylic acids is 1. The number of nitrogens with zero attached hydrogens (tertiary/aromatic N) is 3. The first-order valence-corrected chi connectivity index (χ1v) is 8.07. The van der Waals surface area contributed by atoms with Gasteiger partial charge in [-0.3, -0.25) is 0 Å². The van der Waals surface area contributed by atoms with E-state index in [0.29, 0.717) is 24.0 Å². The van der Waals surface area contributed by atoms with Crippen molar-refractivity contribution in [1.29, 1.82) is 0 Å². The summed E-state index contributed by atoms with van der Waals surface area (Å²) in [5.74, 6) is -0.683. The van der Waals surface area contributed by atoms with Crippen molar-refractivity contribution in [3.63, 3.8) is 0 Å². The normalized spacial score (nSPS) is 22.6. The van der Waals surface area contributed by atoms with Crippen LogP contribution in [0.5, 0.6) is 0 Å². The van der Waals surface area contributed by atoms with Gasteiger partial charge in [-0.15, -0.1) is 0 Å². The SMILES string of the molecule is CSc1ncc2cc(C(=O)O)n([C@H]3CCOC[C@H]3C)c2n1. The molecule has 3 heterocycles. The molecule has 21 heavy (non-hydrogen) atoms. The van der Waals surface area contributed by atoms with Gasteiger partial charge in [0.25, 0.3) is 0 Å². The van der Waals surface area contributed by atoms with Crippen LogP contribution in [0.3, 0.4) is 0 Å². The van der Waals surface area contributed by atoms with Crippen molar-refractivity contribution >= 4 is 28.8 Å². The topological polar surface area (TPSA) is 77.2 Å². The zero-order chi connectivity index (χ0) is 15.0. The van der Waals surface area contributed by atoms with Gasteiger partial charge in [0, 0.05) is 30.1 Å². The molecule has 6 nitrogen and oxygen atoms in total. The van der Waals surface area contributed by atoms with E-state index in [4.69, 9.17) is 4.74 Å². The van der Waals surface area contributed by atoms with Gasteiger partial charge in [0.2, 0.25) is 0 Å². The number of fused-ring (bicyclic) bond motifs is 1. The van der Waals surface area contributed by atoms with Crippen LogP contribution >= 0.6 is 11.8 Å². The molecule has 1 N–H and O–H groups in total. The molecule has 0 aromatic carbocycles. The maximum Gasteiger partial charge on any atom is 0.352 e. The van der Waals surface area contributed by atoms with Crippen LogP contribution in [0.4, 0.5) is 0 Å². The second-order valence-electron chi connectivity index (χ2n) is 5.25. The Morgan fingerprint density at radius 2 is 2.38 bits per heavy atom. The molecule has 1 aliphatic rings. The van der Waals surface area contributed by atoms with Crippen molar-refractivity contribution in [3.05, 3.63) is 18.0 Å². The number of thioether (sulfide) groups is 1. The fourth-order valence-electron chi connectivity index (χ4n) is 2.84. The number of aromatic carboxylic acids is 1. The molecule has 1 fully saturated rings. The molecule has 0 spiro atoms. The smallest absolute Gasteiger partial charge is 0.352 e. The lowest BCUT2D eigenvalue weighted by molar-refractivity contribution is 0.0279. The van der Waals surface area contributed by atoms with Crippen molar-refractivity contribution < 1.29 is 14.6 Å². The molecule has 0 aliphatic carbocycles. The van der Waals surface area contributed by atoms with Crippen LogP contribution < -0.4 is 0 Å². The van der Waals surface area contributed by atoms with Gasteiger partial charge < -0.3 is 14.4 Å². The lowest BCUT2D eigenvalue weighted by atomic mass is 9.97. The van der Waals surface area contributed by atoms with E-state index in [2.05, 4.69) is 16.9 Å². The number of carboxylic acid groups (broad SMARTS) is 1. The third-order valence-corrected chi connectivity index (χ3v) is 4.44. The molecule has 2 atom stereocenters. The molecule has 7 heteroatoms. The summed E-state index contributed by atoms with van der Waals surface area (Å²) >= 11 is 1.45. The number of carbonyl (C=O) groups is 1. The zero-order valence-electron chi connectivity index (χ0n) is 11.9. The lowest BCUT2D eigenvalue weighted by Gasteiger charge is -2.31. The van der Waals surface area contributed by atoms with E-state index in [-0.39, 0.29) is 17.7 Å². The van der Waals surface area contributed by atoms with E-state index in [1.54, 1.807) is 12.3 Å². The molecule has 1 aliphatic heterocycles. The monoisotopic (exact) mass is 307 g/mol. The number of rotatable bonds is 3. The van der Waals surface area contributed by atoms with Crippen molar-refractivity contribution in [2.24, 2.45) is 5.92 Å². The molecule has 0 saturated carbocycles. The fourth-order valence-corrected chi connectivity index (χ4v) is 3.18.